The van der Waals surface area contributed by atoms with Gasteiger partial charge >= 0.3 is 0 Å². The molecule has 8 heteroatoms. The summed E-state index contributed by atoms with van der Waals surface area (Å²) in [4.78, 5) is 9.78. The van der Waals surface area contributed by atoms with E-state index in [1.54, 1.807) is 0 Å². The number of morpholine rings is 1. The Bertz CT molecular complexity index is 593. The highest BCUT2D eigenvalue weighted by molar-refractivity contribution is 14.0. The maximum atomic E-state index is 5.96. The Hall–Kier alpha value is -0.870. The number of nitrogens with zero attached hydrogens (tertiary/aromatic N) is 5. The molecule has 0 aromatic carbocycles. The third-order valence-electron chi connectivity index (χ3n) is 5.22. The van der Waals surface area contributed by atoms with Gasteiger partial charge < -0.3 is 19.9 Å². The number of rotatable bonds is 5. The Kier molecular flexibility index (Phi) is 9.31. The van der Waals surface area contributed by atoms with Crippen molar-refractivity contribution in [1.29, 1.82) is 0 Å². The van der Waals surface area contributed by atoms with E-state index in [2.05, 4.69) is 34.1 Å². The summed E-state index contributed by atoms with van der Waals surface area (Å²) in [5, 5.41) is 7.73. The largest absolute Gasteiger partial charge is 0.370 e. The molecule has 7 nitrogen and oxygen atoms in total. The van der Waals surface area contributed by atoms with E-state index < -0.39 is 0 Å². The van der Waals surface area contributed by atoms with Gasteiger partial charge in [-0.3, -0.25) is 9.67 Å². The first-order chi connectivity index (χ1) is 12.7. The van der Waals surface area contributed by atoms with Crippen LogP contribution in [-0.4, -0.2) is 78.0 Å². The molecule has 2 aliphatic heterocycles. The number of ether oxygens (including phenoxy) is 1. The molecule has 0 radical (unpaired) electrons. The van der Waals surface area contributed by atoms with Crippen LogP contribution < -0.4 is 5.32 Å². The molecule has 2 aliphatic rings. The quantitative estimate of drug-likeness (QED) is 0.390. The molecule has 2 fully saturated rings. The van der Waals surface area contributed by atoms with E-state index in [-0.39, 0.29) is 30.1 Å². The summed E-state index contributed by atoms with van der Waals surface area (Å²) in [6, 6.07) is 0. The maximum Gasteiger partial charge on any atom is 0.194 e. The molecule has 27 heavy (non-hydrogen) atoms. The summed E-state index contributed by atoms with van der Waals surface area (Å²) >= 11 is 0. The average Bonchev–Trinajstić information content (AvgIpc) is 3.08. The van der Waals surface area contributed by atoms with Crippen molar-refractivity contribution in [2.45, 2.75) is 32.8 Å². The third kappa shape index (κ3) is 6.60. The molecule has 0 aliphatic carbocycles. The standard InChI is InChI=1S/C19H34N6O.HI/c1-4-20-19(21-7-9-24-8-5-6-16(2)13-24)25-10-11-26-18(15-25)17-12-22-23(3)14-17;/h12,14,16,18H,4-11,13,15H2,1-3H3,(H,20,21);1H. The van der Waals surface area contributed by atoms with E-state index >= 15 is 0 Å². The third-order valence-corrected chi connectivity index (χ3v) is 5.22. The van der Waals surface area contributed by atoms with Crippen molar-refractivity contribution in [3.63, 3.8) is 0 Å². The molecule has 3 heterocycles. The lowest BCUT2D eigenvalue weighted by Gasteiger charge is -2.35. The van der Waals surface area contributed by atoms with Crippen LogP contribution in [0.2, 0.25) is 0 Å². The topological polar surface area (TPSA) is 57.9 Å². The van der Waals surface area contributed by atoms with E-state index in [4.69, 9.17) is 9.73 Å². The zero-order valence-electron chi connectivity index (χ0n) is 16.9. The second kappa shape index (κ2) is 11.2. The lowest BCUT2D eigenvalue weighted by Crippen LogP contribution is -2.48. The molecular formula is C19H35IN6O. The number of guanidine groups is 1. The number of aliphatic imine (C=N–C) groups is 1. The van der Waals surface area contributed by atoms with Crippen molar-refractivity contribution in [3.8, 4) is 0 Å². The van der Waals surface area contributed by atoms with Crippen molar-refractivity contribution in [2.24, 2.45) is 18.0 Å². The van der Waals surface area contributed by atoms with E-state index in [0.29, 0.717) is 6.61 Å². The van der Waals surface area contributed by atoms with E-state index in [0.717, 1.165) is 50.2 Å². The fourth-order valence-electron chi connectivity index (χ4n) is 3.86. The molecule has 2 atom stereocenters. The van der Waals surface area contributed by atoms with E-state index in [1.165, 1.54) is 25.9 Å². The highest BCUT2D eigenvalue weighted by Gasteiger charge is 2.25. The van der Waals surface area contributed by atoms with Crippen LogP contribution in [0.25, 0.3) is 0 Å². The highest BCUT2D eigenvalue weighted by atomic mass is 127. The predicted octanol–water partition coefficient (Wildman–Crippen LogP) is 2.11. The first-order valence-electron chi connectivity index (χ1n) is 10.0. The first kappa shape index (κ1) is 22.4. The van der Waals surface area contributed by atoms with E-state index in [9.17, 15) is 0 Å². The molecule has 1 N–H and O–H groups in total. The van der Waals surface area contributed by atoms with E-state index in [1.807, 2.05) is 24.1 Å². The second-order valence-electron chi connectivity index (χ2n) is 7.54. The SMILES string of the molecule is CCNC(=NCCN1CCCC(C)C1)N1CCOC(c2cnn(C)c2)C1.I. The zero-order valence-corrected chi connectivity index (χ0v) is 19.3. The number of aromatic nitrogens is 2. The van der Waals surface area contributed by atoms with Crippen LogP contribution in [0.4, 0.5) is 0 Å². The molecule has 3 rings (SSSR count). The fraction of sp³-hybridized carbons (Fsp3) is 0.789. The molecule has 2 unspecified atom stereocenters. The molecule has 154 valence electrons. The second-order valence-corrected chi connectivity index (χ2v) is 7.54. The Morgan fingerprint density at radius 2 is 2.22 bits per heavy atom. The van der Waals surface area contributed by atoms with Gasteiger partial charge in [-0.2, -0.15) is 5.10 Å². The van der Waals surface area contributed by atoms with Crippen LogP contribution >= 0.6 is 24.0 Å². The smallest absolute Gasteiger partial charge is 0.194 e. The molecule has 1 aromatic rings. The van der Waals surface area contributed by atoms with Gasteiger partial charge in [0.1, 0.15) is 6.10 Å². The number of hydrogen-bond donors (Lipinski definition) is 1. The summed E-state index contributed by atoms with van der Waals surface area (Å²) in [6.07, 6.45) is 6.68. The lowest BCUT2D eigenvalue weighted by atomic mass is 10.0. The number of nitrogens with one attached hydrogen (secondary N) is 1. The van der Waals surface area contributed by atoms with Crippen LogP contribution in [-0.2, 0) is 11.8 Å². The molecule has 0 spiro atoms. The van der Waals surface area contributed by atoms with Crippen molar-refractivity contribution in [1.82, 2.24) is 24.9 Å². The number of aryl methyl sites for hydroxylation is 1. The average molecular weight is 490 g/mol. The normalized spacial score (nSPS) is 24.6. The van der Waals surface area contributed by atoms with Gasteiger partial charge in [0, 0.05) is 45.0 Å². The van der Waals surface area contributed by atoms with Crippen LogP contribution in [0.5, 0.6) is 0 Å². The minimum atomic E-state index is 0. The van der Waals surface area contributed by atoms with Crippen molar-refractivity contribution >= 4 is 29.9 Å². The molecule has 0 saturated carbocycles. The first-order valence-corrected chi connectivity index (χ1v) is 10.0. The number of piperidine rings is 1. The number of halogens is 1. The van der Waals surface area contributed by atoms with Gasteiger partial charge in [-0.25, -0.2) is 0 Å². The van der Waals surface area contributed by atoms with Crippen LogP contribution in [0, 0.1) is 5.92 Å². The number of hydrogen-bond acceptors (Lipinski definition) is 4. The van der Waals surface area contributed by atoms with Gasteiger partial charge in [0.25, 0.3) is 0 Å². The molecule has 2 saturated heterocycles. The highest BCUT2D eigenvalue weighted by Crippen LogP contribution is 2.21. The van der Waals surface area contributed by atoms with Gasteiger partial charge in [-0.05, 0) is 32.2 Å². The van der Waals surface area contributed by atoms with Crippen LogP contribution in [0.15, 0.2) is 17.4 Å². The van der Waals surface area contributed by atoms with Crippen LogP contribution in [0.3, 0.4) is 0 Å². The fourth-order valence-corrected chi connectivity index (χ4v) is 3.86. The van der Waals surface area contributed by atoms with Gasteiger partial charge in [0.05, 0.1) is 25.9 Å². The van der Waals surface area contributed by atoms with Crippen molar-refractivity contribution in [2.75, 3.05) is 52.4 Å². The van der Waals surface area contributed by atoms with Crippen molar-refractivity contribution < 1.29 is 4.74 Å². The molecule has 0 amide bonds. The molecule has 1 aromatic heterocycles. The predicted molar refractivity (Wildman–Crippen MR) is 120 cm³/mol. The number of likely N-dealkylation sites (tertiary alicyclic amines) is 1. The van der Waals surface area contributed by atoms with Gasteiger partial charge in [0.15, 0.2) is 5.96 Å². The monoisotopic (exact) mass is 490 g/mol. The van der Waals surface area contributed by atoms with Crippen LogP contribution in [0.1, 0.15) is 38.4 Å². The Balaban J connectivity index is 0.00000261. The lowest BCUT2D eigenvalue weighted by molar-refractivity contribution is -0.00805. The Morgan fingerprint density at radius 3 is 2.93 bits per heavy atom. The summed E-state index contributed by atoms with van der Waals surface area (Å²) in [7, 11) is 1.94. The summed E-state index contributed by atoms with van der Waals surface area (Å²) in [5.41, 5.74) is 1.13. The minimum Gasteiger partial charge on any atom is -0.370 e. The van der Waals surface area contributed by atoms with Gasteiger partial charge in [-0.15, -0.1) is 24.0 Å². The minimum absolute atomic E-state index is 0. The Labute approximate surface area is 180 Å². The maximum absolute atomic E-state index is 5.96. The summed E-state index contributed by atoms with van der Waals surface area (Å²) in [5.74, 6) is 1.83. The van der Waals surface area contributed by atoms with Crippen molar-refractivity contribution in [3.05, 3.63) is 18.0 Å². The summed E-state index contributed by atoms with van der Waals surface area (Å²) < 4.78 is 7.79. The van der Waals surface area contributed by atoms with Gasteiger partial charge in [0.2, 0.25) is 0 Å². The molecule has 0 bridgehead atoms. The summed E-state index contributed by atoms with van der Waals surface area (Å²) in [6.45, 7) is 12.1. The zero-order chi connectivity index (χ0) is 18.4. The Morgan fingerprint density at radius 1 is 1.37 bits per heavy atom. The van der Waals surface area contributed by atoms with Gasteiger partial charge in [-0.1, -0.05) is 6.92 Å². The molecular weight excluding hydrogens is 455 g/mol.